The lowest BCUT2D eigenvalue weighted by molar-refractivity contribution is 0.102. The summed E-state index contributed by atoms with van der Waals surface area (Å²) in [4.78, 5) is 25.3. The van der Waals surface area contributed by atoms with Crippen molar-refractivity contribution in [2.45, 2.75) is 6.54 Å². The van der Waals surface area contributed by atoms with E-state index >= 15 is 0 Å². The van der Waals surface area contributed by atoms with Crippen molar-refractivity contribution >= 4 is 23.2 Å². The molecule has 7 heteroatoms. The highest BCUT2D eigenvalue weighted by Crippen LogP contribution is 2.27. The number of amides is 1. The van der Waals surface area contributed by atoms with E-state index in [1.165, 1.54) is 17.7 Å². The number of carbonyl (C=O) groups is 1. The van der Waals surface area contributed by atoms with E-state index < -0.39 is 5.91 Å². The minimum Gasteiger partial charge on any atom is -0.497 e. The van der Waals surface area contributed by atoms with Gasteiger partial charge in [0.2, 0.25) is 0 Å². The lowest BCUT2D eigenvalue weighted by atomic mass is 10.2. The fraction of sp³-hybridized carbons (Fsp3) is 0.143. The van der Waals surface area contributed by atoms with E-state index in [1.807, 2.05) is 24.3 Å². The van der Waals surface area contributed by atoms with Gasteiger partial charge in [-0.2, -0.15) is 0 Å². The second kappa shape index (κ2) is 8.63. The van der Waals surface area contributed by atoms with E-state index in [0.717, 1.165) is 11.3 Å². The van der Waals surface area contributed by atoms with Crippen LogP contribution in [0.3, 0.4) is 0 Å². The monoisotopic (exact) mass is 398 g/mol. The molecular formula is C21H19ClN2O4. The van der Waals surface area contributed by atoms with E-state index in [4.69, 9.17) is 21.1 Å². The lowest BCUT2D eigenvalue weighted by Gasteiger charge is -2.10. The molecule has 144 valence electrons. The lowest BCUT2D eigenvalue weighted by Crippen LogP contribution is -2.29. The van der Waals surface area contributed by atoms with Gasteiger partial charge in [0.25, 0.3) is 11.5 Å². The van der Waals surface area contributed by atoms with Crippen LogP contribution >= 0.6 is 11.6 Å². The van der Waals surface area contributed by atoms with Crippen molar-refractivity contribution < 1.29 is 14.3 Å². The second-order valence-electron chi connectivity index (χ2n) is 6.01. The molecule has 0 fully saturated rings. The molecule has 0 saturated heterocycles. The standard InChI is InChI=1S/C21H19ClN2O4/c1-27-16-8-5-14(6-9-16)13-24-11-3-4-17(21(24)26)20(25)23-15-7-10-19(28-2)18(22)12-15/h3-12H,13H2,1-2H3,(H,23,25). The summed E-state index contributed by atoms with van der Waals surface area (Å²) >= 11 is 6.08. The molecule has 0 saturated carbocycles. The molecule has 1 amide bonds. The molecule has 0 aliphatic carbocycles. The van der Waals surface area contributed by atoms with Crippen molar-refractivity contribution in [2.24, 2.45) is 0 Å². The van der Waals surface area contributed by atoms with Gasteiger partial charge in [0.15, 0.2) is 0 Å². The SMILES string of the molecule is COc1ccc(Cn2cccc(C(=O)Nc3ccc(OC)c(Cl)c3)c2=O)cc1. The van der Waals surface area contributed by atoms with Crippen LogP contribution in [0.5, 0.6) is 11.5 Å². The Morgan fingerprint density at radius 2 is 1.82 bits per heavy atom. The van der Waals surface area contributed by atoms with Crippen LogP contribution in [0.25, 0.3) is 0 Å². The smallest absolute Gasteiger partial charge is 0.263 e. The first kappa shape index (κ1) is 19.5. The van der Waals surface area contributed by atoms with Gasteiger partial charge >= 0.3 is 0 Å². The topological polar surface area (TPSA) is 69.6 Å². The predicted octanol–water partition coefficient (Wildman–Crippen LogP) is 3.82. The minimum absolute atomic E-state index is 0.0444. The van der Waals surface area contributed by atoms with Crippen molar-refractivity contribution in [1.29, 1.82) is 0 Å². The molecule has 0 spiro atoms. The fourth-order valence-electron chi connectivity index (χ4n) is 2.70. The maximum absolute atomic E-state index is 12.7. The van der Waals surface area contributed by atoms with Crippen LogP contribution in [0.2, 0.25) is 5.02 Å². The third-order valence-corrected chi connectivity index (χ3v) is 4.48. The molecule has 0 bridgehead atoms. The van der Waals surface area contributed by atoms with Gasteiger partial charge in [-0.05, 0) is 48.0 Å². The minimum atomic E-state index is -0.504. The van der Waals surface area contributed by atoms with Crippen LogP contribution in [0.15, 0.2) is 65.6 Å². The average molecular weight is 399 g/mol. The number of nitrogens with one attached hydrogen (secondary N) is 1. The molecule has 0 aliphatic heterocycles. The van der Waals surface area contributed by atoms with E-state index in [0.29, 0.717) is 23.0 Å². The Kier molecular flexibility index (Phi) is 6.01. The summed E-state index contributed by atoms with van der Waals surface area (Å²) in [7, 11) is 3.10. The molecule has 3 rings (SSSR count). The Morgan fingerprint density at radius 1 is 1.07 bits per heavy atom. The largest absolute Gasteiger partial charge is 0.497 e. The Balaban J connectivity index is 1.80. The number of hydrogen-bond acceptors (Lipinski definition) is 4. The number of rotatable bonds is 6. The zero-order chi connectivity index (χ0) is 20.1. The number of methoxy groups -OCH3 is 2. The summed E-state index contributed by atoms with van der Waals surface area (Å²) in [5.74, 6) is 0.735. The average Bonchev–Trinajstić information content (AvgIpc) is 2.70. The van der Waals surface area contributed by atoms with Crippen LogP contribution in [0, 0.1) is 0 Å². The van der Waals surface area contributed by atoms with Crippen molar-refractivity contribution in [3.8, 4) is 11.5 Å². The molecule has 28 heavy (non-hydrogen) atoms. The first-order valence-electron chi connectivity index (χ1n) is 8.49. The first-order valence-corrected chi connectivity index (χ1v) is 8.87. The summed E-state index contributed by atoms with van der Waals surface area (Å²) in [5, 5.41) is 3.05. The van der Waals surface area contributed by atoms with Gasteiger partial charge in [-0.1, -0.05) is 23.7 Å². The third-order valence-electron chi connectivity index (χ3n) is 4.19. The van der Waals surface area contributed by atoms with Gasteiger partial charge in [0, 0.05) is 11.9 Å². The van der Waals surface area contributed by atoms with Crippen LogP contribution in [0.4, 0.5) is 5.69 Å². The maximum atomic E-state index is 12.7. The Morgan fingerprint density at radius 3 is 2.46 bits per heavy atom. The van der Waals surface area contributed by atoms with E-state index in [1.54, 1.807) is 37.6 Å². The van der Waals surface area contributed by atoms with Gasteiger partial charge in [0.1, 0.15) is 17.1 Å². The van der Waals surface area contributed by atoms with Crippen LogP contribution in [-0.2, 0) is 6.54 Å². The highest BCUT2D eigenvalue weighted by Gasteiger charge is 2.13. The summed E-state index contributed by atoms with van der Waals surface area (Å²) in [6.45, 7) is 0.346. The zero-order valence-electron chi connectivity index (χ0n) is 15.4. The number of ether oxygens (including phenoxy) is 2. The number of anilines is 1. The Labute approximate surface area is 167 Å². The highest BCUT2D eigenvalue weighted by molar-refractivity contribution is 6.32. The number of benzene rings is 2. The summed E-state index contributed by atoms with van der Waals surface area (Å²) in [5.41, 5.74) is 1.06. The van der Waals surface area contributed by atoms with E-state index in [9.17, 15) is 9.59 Å². The van der Waals surface area contributed by atoms with Crippen LogP contribution < -0.4 is 20.3 Å². The molecular weight excluding hydrogens is 380 g/mol. The van der Waals surface area contributed by atoms with Gasteiger partial charge in [0.05, 0.1) is 25.8 Å². The van der Waals surface area contributed by atoms with Gasteiger partial charge in [-0.3, -0.25) is 9.59 Å². The number of aromatic nitrogens is 1. The Bertz CT molecular complexity index is 1050. The summed E-state index contributed by atoms with van der Waals surface area (Å²) in [6, 6.07) is 15.4. The summed E-state index contributed by atoms with van der Waals surface area (Å²) in [6.07, 6.45) is 1.65. The molecule has 0 radical (unpaired) electrons. The molecule has 0 aliphatic rings. The molecule has 1 aromatic heterocycles. The molecule has 0 unspecified atom stereocenters. The van der Waals surface area contributed by atoms with Gasteiger partial charge < -0.3 is 19.4 Å². The number of hydrogen-bond donors (Lipinski definition) is 1. The number of halogens is 1. The molecule has 6 nitrogen and oxygen atoms in total. The molecule has 0 atom stereocenters. The first-order chi connectivity index (χ1) is 13.5. The molecule has 1 N–H and O–H groups in total. The van der Waals surface area contributed by atoms with Gasteiger partial charge in [-0.25, -0.2) is 0 Å². The van der Waals surface area contributed by atoms with Crippen molar-refractivity contribution in [1.82, 2.24) is 4.57 Å². The normalized spacial score (nSPS) is 10.4. The number of nitrogens with zero attached hydrogens (tertiary/aromatic N) is 1. The molecule has 2 aromatic carbocycles. The third kappa shape index (κ3) is 4.35. The van der Waals surface area contributed by atoms with Crippen molar-refractivity contribution in [3.05, 3.63) is 87.3 Å². The van der Waals surface area contributed by atoms with E-state index in [2.05, 4.69) is 5.32 Å². The van der Waals surface area contributed by atoms with Crippen LogP contribution in [0.1, 0.15) is 15.9 Å². The fourth-order valence-corrected chi connectivity index (χ4v) is 2.96. The highest BCUT2D eigenvalue weighted by atomic mass is 35.5. The summed E-state index contributed by atoms with van der Waals surface area (Å²) < 4.78 is 11.7. The van der Waals surface area contributed by atoms with Crippen molar-refractivity contribution in [3.63, 3.8) is 0 Å². The quantitative estimate of drug-likeness (QED) is 0.685. The zero-order valence-corrected chi connectivity index (χ0v) is 16.2. The predicted molar refractivity (Wildman–Crippen MR) is 109 cm³/mol. The Hall–Kier alpha value is -3.25. The second-order valence-corrected chi connectivity index (χ2v) is 6.41. The number of carbonyl (C=O) groups excluding carboxylic acids is 1. The van der Waals surface area contributed by atoms with E-state index in [-0.39, 0.29) is 11.1 Å². The van der Waals surface area contributed by atoms with Crippen LogP contribution in [-0.4, -0.2) is 24.7 Å². The maximum Gasteiger partial charge on any atom is 0.263 e. The molecule has 1 heterocycles. The van der Waals surface area contributed by atoms with Crippen molar-refractivity contribution in [2.75, 3.05) is 19.5 Å². The van der Waals surface area contributed by atoms with Gasteiger partial charge in [-0.15, -0.1) is 0 Å². The molecule has 3 aromatic rings. The number of pyridine rings is 1.